The van der Waals surface area contributed by atoms with Crippen molar-refractivity contribution in [1.29, 1.82) is 0 Å². The molecule has 138 valence electrons. The molecule has 1 saturated heterocycles. The first-order valence-corrected chi connectivity index (χ1v) is 9.43. The number of amides is 2. The van der Waals surface area contributed by atoms with E-state index >= 15 is 0 Å². The van der Waals surface area contributed by atoms with Crippen LogP contribution in [0, 0.1) is 0 Å². The molecule has 1 aromatic heterocycles. The molecular weight excluding hydrogens is 330 g/mol. The van der Waals surface area contributed by atoms with Gasteiger partial charge in [0.1, 0.15) is 11.9 Å². The fraction of sp³-hybridized carbons (Fsp3) is 0.526. The number of morpholine rings is 1. The van der Waals surface area contributed by atoms with Crippen LogP contribution in [0.2, 0.25) is 0 Å². The molecule has 2 aromatic rings. The number of carbonyl (C=O) groups excluding carboxylic acids is 1. The number of urea groups is 1. The number of hydrogen-bond donors (Lipinski definition) is 1. The molecule has 7 heteroatoms. The molecule has 1 unspecified atom stereocenters. The van der Waals surface area contributed by atoms with Crippen molar-refractivity contribution in [2.45, 2.75) is 45.3 Å². The van der Waals surface area contributed by atoms with Crippen LogP contribution in [-0.4, -0.2) is 45.4 Å². The van der Waals surface area contributed by atoms with Crippen molar-refractivity contribution in [2.24, 2.45) is 0 Å². The summed E-state index contributed by atoms with van der Waals surface area (Å²) < 4.78 is 7.78. The Morgan fingerprint density at radius 2 is 2.12 bits per heavy atom. The summed E-state index contributed by atoms with van der Waals surface area (Å²) in [5.74, 6) is 1.37. The fourth-order valence-electron chi connectivity index (χ4n) is 3.51. The Morgan fingerprint density at radius 1 is 1.27 bits per heavy atom. The number of rotatable bonds is 3. The molecule has 1 aromatic carbocycles. The molecule has 0 bridgehead atoms. The van der Waals surface area contributed by atoms with E-state index in [4.69, 9.17) is 4.74 Å². The van der Waals surface area contributed by atoms with Gasteiger partial charge in [-0.1, -0.05) is 31.2 Å². The van der Waals surface area contributed by atoms with Crippen LogP contribution in [0.15, 0.2) is 24.3 Å². The summed E-state index contributed by atoms with van der Waals surface area (Å²) in [5, 5.41) is 7.25. The van der Waals surface area contributed by atoms with Crippen molar-refractivity contribution in [1.82, 2.24) is 19.7 Å². The average molecular weight is 355 g/mol. The summed E-state index contributed by atoms with van der Waals surface area (Å²) in [6, 6.07) is 8.27. The van der Waals surface area contributed by atoms with Gasteiger partial charge in [0, 0.05) is 19.5 Å². The van der Waals surface area contributed by atoms with Crippen molar-refractivity contribution >= 4 is 12.0 Å². The van der Waals surface area contributed by atoms with Crippen molar-refractivity contribution in [3.8, 4) is 0 Å². The second-order valence-electron chi connectivity index (χ2n) is 6.86. The number of aryl methyl sites for hydroxylation is 3. The van der Waals surface area contributed by atoms with E-state index in [2.05, 4.69) is 46.6 Å². The molecule has 26 heavy (non-hydrogen) atoms. The lowest BCUT2D eigenvalue weighted by Crippen LogP contribution is -2.44. The first-order chi connectivity index (χ1) is 12.7. The highest BCUT2D eigenvalue weighted by Crippen LogP contribution is 2.23. The molecular formula is C19H25N5O2. The Morgan fingerprint density at radius 3 is 2.88 bits per heavy atom. The third kappa shape index (κ3) is 3.58. The third-order valence-corrected chi connectivity index (χ3v) is 5.10. The van der Waals surface area contributed by atoms with Gasteiger partial charge < -0.3 is 9.64 Å². The number of hydrogen-bond acceptors (Lipinski definition) is 4. The van der Waals surface area contributed by atoms with Gasteiger partial charge in [-0.05, 0) is 30.4 Å². The first-order valence-electron chi connectivity index (χ1n) is 9.43. The minimum absolute atomic E-state index is 0.0939. The van der Waals surface area contributed by atoms with Gasteiger partial charge in [0.25, 0.3) is 0 Å². The molecule has 1 N–H and O–H groups in total. The maximum atomic E-state index is 12.6. The van der Waals surface area contributed by atoms with E-state index in [0.29, 0.717) is 25.6 Å². The summed E-state index contributed by atoms with van der Waals surface area (Å²) in [6.45, 7) is 4.65. The van der Waals surface area contributed by atoms with Crippen LogP contribution in [0.3, 0.4) is 0 Å². The zero-order chi connectivity index (χ0) is 17.9. The molecule has 2 aliphatic heterocycles. The highest BCUT2D eigenvalue weighted by Gasteiger charge is 2.26. The minimum Gasteiger partial charge on any atom is -0.370 e. The summed E-state index contributed by atoms with van der Waals surface area (Å²) in [7, 11) is 0. The minimum atomic E-state index is -0.161. The lowest BCUT2D eigenvalue weighted by molar-refractivity contribution is -0.0135. The van der Waals surface area contributed by atoms with Crippen LogP contribution in [-0.2, 0) is 24.1 Å². The van der Waals surface area contributed by atoms with E-state index < -0.39 is 0 Å². The Balaban J connectivity index is 1.40. The van der Waals surface area contributed by atoms with Crippen LogP contribution in [0.5, 0.6) is 0 Å². The van der Waals surface area contributed by atoms with E-state index in [9.17, 15) is 4.79 Å². The van der Waals surface area contributed by atoms with Crippen LogP contribution in [0.4, 0.5) is 10.7 Å². The Kier molecular flexibility index (Phi) is 4.88. The third-order valence-electron chi connectivity index (χ3n) is 5.10. The second-order valence-corrected chi connectivity index (χ2v) is 6.86. The largest absolute Gasteiger partial charge is 0.370 e. The molecule has 1 atom stereocenters. The van der Waals surface area contributed by atoms with Gasteiger partial charge in [0.05, 0.1) is 13.2 Å². The summed E-state index contributed by atoms with van der Waals surface area (Å²) in [6.07, 6.45) is 4.10. The lowest BCUT2D eigenvalue weighted by atomic mass is 10.0. The van der Waals surface area contributed by atoms with Gasteiger partial charge >= 0.3 is 6.03 Å². The lowest BCUT2D eigenvalue weighted by Gasteiger charge is -2.33. The van der Waals surface area contributed by atoms with Gasteiger partial charge in [-0.2, -0.15) is 4.98 Å². The number of anilines is 1. The number of aromatic nitrogens is 3. The highest BCUT2D eigenvalue weighted by molar-refractivity contribution is 5.87. The predicted molar refractivity (Wildman–Crippen MR) is 98.1 cm³/mol. The van der Waals surface area contributed by atoms with Gasteiger partial charge in [0.2, 0.25) is 5.95 Å². The number of fused-ring (bicyclic) bond motifs is 1. The summed E-state index contributed by atoms with van der Waals surface area (Å²) in [5.41, 5.74) is 2.41. The quantitative estimate of drug-likeness (QED) is 0.919. The van der Waals surface area contributed by atoms with E-state index in [1.54, 1.807) is 4.90 Å². The van der Waals surface area contributed by atoms with E-state index in [1.807, 2.05) is 4.68 Å². The van der Waals surface area contributed by atoms with Crippen molar-refractivity contribution in [3.05, 3.63) is 41.2 Å². The van der Waals surface area contributed by atoms with Crippen LogP contribution in [0.1, 0.15) is 42.8 Å². The van der Waals surface area contributed by atoms with Gasteiger partial charge in [-0.25, -0.2) is 9.48 Å². The SMILES string of the molecule is CCc1ccc(C2CN(C(=O)Nc3nc4n(n3)CCCC4)CCO2)cc1. The number of nitrogens with zero attached hydrogens (tertiary/aromatic N) is 4. The molecule has 7 nitrogen and oxygen atoms in total. The van der Waals surface area contributed by atoms with Gasteiger partial charge in [-0.15, -0.1) is 5.10 Å². The Bertz CT molecular complexity index is 747. The standard InChI is InChI=1S/C19H25N5O2/c1-2-14-6-8-15(9-7-14)16-13-23(11-12-26-16)19(25)21-18-20-17-5-3-4-10-24(17)22-18/h6-9,16H,2-5,10-13H2,1H3,(H,21,22,25). The molecule has 2 amide bonds. The highest BCUT2D eigenvalue weighted by atomic mass is 16.5. The Hall–Kier alpha value is -2.41. The van der Waals surface area contributed by atoms with Crippen molar-refractivity contribution in [2.75, 3.05) is 25.0 Å². The van der Waals surface area contributed by atoms with E-state index in [-0.39, 0.29) is 12.1 Å². The van der Waals surface area contributed by atoms with Crippen molar-refractivity contribution < 1.29 is 9.53 Å². The number of carbonyl (C=O) groups is 1. The van der Waals surface area contributed by atoms with Crippen LogP contribution >= 0.6 is 0 Å². The zero-order valence-electron chi connectivity index (χ0n) is 15.1. The molecule has 4 rings (SSSR count). The molecule has 1 fully saturated rings. The van der Waals surface area contributed by atoms with E-state index in [1.165, 1.54) is 5.56 Å². The molecule has 3 heterocycles. The predicted octanol–water partition coefficient (Wildman–Crippen LogP) is 2.78. The molecule has 2 aliphatic rings. The molecule has 0 radical (unpaired) electrons. The molecule has 0 saturated carbocycles. The van der Waals surface area contributed by atoms with Crippen LogP contribution in [0.25, 0.3) is 0 Å². The zero-order valence-corrected chi connectivity index (χ0v) is 15.1. The first kappa shape index (κ1) is 17.0. The number of ether oxygens (including phenoxy) is 1. The normalized spacial score (nSPS) is 19.9. The molecule has 0 aliphatic carbocycles. The summed E-state index contributed by atoms with van der Waals surface area (Å²) >= 11 is 0. The smallest absolute Gasteiger partial charge is 0.324 e. The monoisotopic (exact) mass is 355 g/mol. The maximum Gasteiger partial charge on any atom is 0.324 e. The molecule has 0 spiro atoms. The van der Waals surface area contributed by atoms with Crippen LogP contribution < -0.4 is 5.32 Å². The maximum absolute atomic E-state index is 12.6. The fourth-order valence-corrected chi connectivity index (χ4v) is 3.51. The van der Waals surface area contributed by atoms with Gasteiger partial charge in [0.15, 0.2) is 0 Å². The average Bonchev–Trinajstić information content (AvgIpc) is 3.10. The van der Waals surface area contributed by atoms with Gasteiger partial charge in [-0.3, -0.25) is 5.32 Å². The second kappa shape index (κ2) is 7.45. The van der Waals surface area contributed by atoms with Crippen molar-refractivity contribution in [3.63, 3.8) is 0 Å². The number of nitrogens with one attached hydrogen (secondary N) is 1. The van der Waals surface area contributed by atoms with E-state index in [0.717, 1.165) is 43.6 Å². The topological polar surface area (TPSA) is 72.3 Å². The Labute approximate surface area is 153 Å². The summed E-state index contributed by atoms with van der Waals surface area (Å²) in [4.78, 5) is 18.9. The number of benzene rings is 1.